The number of carbonyl (C=O) groups is 15. The van der Waals surface area contributed by atoms with E-state index in [1.165, 1.54) is 16.9 Å². The number of amides is 3. The van der Waals surface area contributed by atoms with Gasteiger partial charge in [-0.2, -0.15) is 0 Å². The molecule has 3 aromatic rings. The smallest absolute Gasteiger partial charge is 0.407 e. The van der Waals surface area contributed by atoms with Crippen LogP contribution in [0.5, 0.6) is 0 Å². The summed E-state index contributed by atoms with van der Waals surface area (Å²) in [6.45, 7) is 23.5. The molecule has 4 rings (SSSR count). The number of esters is 11. The van der Waals surface area contributed by atoms with Gasteiger partial charge >= 0.3 is 77.7 Å². The van der Waals surface area contributed by atoms with Gasteiger partial charge in [0.15, 0.2) is 0 Å². The molecule has 0 spiro atoms. The van der Waals surface area contributed by atoms with Crippen molar-refractivity contribution >= 4 is 100 Å². The summed E-state index contributed by atoms with van der Waals surface area (Å²) in [4.78, 5) is 180. The molecular formula is C106H168N2O28. The molecule has 1 heterocycles. The highest BCUT2D eigenvalue weighted by Gasteiger charge is 2.32. The summed E-state index contributed by atoms with van der Waals surface area (Å²) in [6.07, 6.45) is 29.4. The zero-order valence-corrected chi connectivity index (χ0v) is 84.1. The van der Waals surface area contributed by atoms with Crippen LogP contribution in [0.2, 0.25) is 0 Å². The van der Waals surface area contributed by atoms with Crippen LogP contribution in [-0.4, -0.2) is 192 Å². The second-order valence-corrected chi connectivity index (χ2v) is 35.1. The highest BCUT2D eigenvalue weighted by molar-refractivity contribution is 6.25. The van der Waals surface area contributed by atoms with Crippen molar-refractivity contribution in [1.82, 2.24) is 10.2 Å². The van der Waals surface area contributed by atoms with Crippen molar-refractivity contribution in [2.24, 2.45) is 17.3 Å². The average Bonchev–Trinajstić information content (AvgIpc) is 0.750. The number of unbranched alkanes of at least 4 members (excludes halogenated alkanes) is 21. The molecule has 2 N–H and O–H groups in total. The Morgan fingerprint density at radius 1 is 0.338 bits per heavy atom. The molecular weight excluding hydrogens is 1750 g/mol. The minimum absolute atomic E-state index is 0.0835. The van der Waals surface area contributed by atoms with E-state index in [0.29, 0.717) is 248 Å². The number of benzene rings is 3. The summed E-state index contributed by atoms with van der Waals surface area (Å²) in [7, 11) is 0. The fourth-order valence-corrected chi connectivity index (χ4v) is 13.4. The second-order valence-electron chi connectivity index (χ2n) is 35.1. The molecule has 0 aromatic heterocycles. The van der Waals surface area contributed by atoms with E-state index in [0.717, 1.165) is 62.1 Å². The van der Waals surface area contributed by atoms with Crippen LogP contribution < -0.4 is 5.32 Å². The number of carboxylic acids is 1. The lowest BCUT2D eigenvalue weighted by atomic mass is 9.91. The molecule has 770 valence electrons. The molecule has 3 amide bonds. The van der Waals surface area contributed by atoms with E-state index in [4.69, 9.17) is 61.9 Å². The first kappa shape index (κ1) is 124. The number of ether oxygens (including phenoxy) is 12. The van der Waals surface area contributed by atoms with Crippen LogP contribution in [0.15, 0.2) is 66.7 Å². The Labute approximate surface area is 810 Å². The van der Waals surface area contributed by atoms with E-state index in [2.05, 4.69) is 63.3 Å². The number of hydrogen-bond donors (Lipinski definition) is 2. The van der Waals surface area contributed by atoms with E-state index < -0.39 is 17.5 Å². The Morgan fingerprint density at radius 2 is 0.640 bits per heavy atom. The number of carboxylic acid groups (broad SMARTS) is 1. The minimum Gasteiger partial charge on any atom is -0.481 e. The van der Waals surface area contributed by atoms with E-state index >= 15 is 0 Å². The van der Waals surface area contributed by atoms with Crippen molar-refractivity contribution in [3.05, 3.63) is 83.4 Å². The van der Waals surface area contributed by atoms with Crippen LogP contribution in [0.3, 0.4) is 0 Å². The van der Waals surface area contributed by atoms with Crippen molar-refractivity contribution in [3.8, 4) is 0 Å². The Morgan fingerprint density at radius 3 is 0.897 bits per heavy atom. The van der Waals surface area contributed by atoms with E-state index in [-0.39, 0.29) is 194 Å². The lowest BCUT2D eigenvalue weighted by molar-refractivity contribution is -0.148. The molecule has 1 aliphatic heterocycles. The van der Waals surface area contributed by atoms with Gasteiger partial charge in [0.2, 0.25) is 0 Å². The molecule has 1 aliphatic rings. The molecule has 0 saturated heterocycles. The third kappa shape index (κ3) is 65.7. The van der Waals surface area contributed by atoms with Crippen molar-refractivity contribution in [2.45, 2.75) is 377 Å². The number of imide groups is 1. The van der Waals surface area contributed by atoms with Crippen LogP contribution >= 0.6 is 0 Å². The number of rotatable bonds is 76. The van der Waals surface area contributed by atoms with Crippen LogP contribution in [0.25, 0.3) is 10.8 Å². The summed E-state index contributed by atoms with van der Waals surface area (Å²) in [6, 6.07) is 21.7. The predicted octanol–water partition coefficient (Wildman–Crippen LogP) is 21.7. The first-order valence-corrected chi connectivity index (χ1v) is 50.9. The van der Waals surface area contributed by atoms with Crippen molar-refractivity contribution < 1.29 is 134 Å². The van der Waals surface area contributed by atoms with Gasteiger partial charge in [0.1, 0.15) is 6.61 Å². The molecule has 3 atom stereocenters. The normalized spacial score (nSPS) is 12.0. The van der Waals surface area contributed by atoms with Gasteiger partial charge in [-0.25, -0.2) is 4.79 Å². The van der Waals surface area contributed by atoms with Gasteiger partial charge in [-0.15, -0.1) is 0 Å². The summed E-state index contributed by atoms with van der Waals surface area (Å²) < 4.78 is 63.3. The molecule has 30 heteroatoms. The molecule has 0 fully saturated rings. The quantitative estimate of drug-likeness (QED) is 0.0229. The fraction of sp³-hybridized carbons (Fsp3) is 0.708. The average molecular weight is 1920 g/mol. The molecule has 3 unspecified atom stereocenters. The highest BCUT2D eigenvalue weighted by atomic mass is 16.6. The van der Waals surface area contributed by atoms with Gasteiger partial charge in [0.05, 0.1) is 90.6 Å². The van der Waals surface area contributed by atoms with E-state index in [1.807, 2.05) is 45.0 Å². The van der Waals surface area contributed by atoms with Gasteiger partial charge in [0.25, 0.3) is 11.8 Å². The number of carbonyl (C=O) groups excluding carboxylic acids is 14. The van der Waals surface area contributed by atoms with Crippen molar-refractivity contribution in [3.63, 3.8) is 0 Å². The molecule has 30 nitrogen and oxygen atoms in total. The second kappa shape index (κ2) is 82.1. The number of nitrogens with zero attached hydrogens (tertiary/aromatic N) is 1. The topological polar surface area (TPSA) is 402 Å². The Kier molecular flexibility index (Phi) is 74.8. The van der Waals surface area contributed by atoms with Crippen molar-refractivity contribution in [2.75, 3.05) is 92.4 Å². The maximum atomic E-state index is 12.1. The molecule has 0 bridgehead atoms. The van der Waals surface area contributed by atoms with Gasteiger partial charge in [-0.1, -0.05) is 122 Å². The maximum absolute atomic E-state index is 12.1. The van der Waals surface area contributed by atoms with E-state index in [1.54, 1.807) is 32.9 Å². The van der Waals surface area contributed by atoms with E-state index in [9.17, 15) is 71.9 Å². The number of hydrogen-bond acceptors (Lipinski definition) is 27. The van der Waals surface area contributed by atoms with Gasteiger partial charge in [-0.3, -0.25) is 72.0 Å². The monoisotopic (exact) mass is 1920 g/mol. The Hall–Kier alpha value is -10.0. The first-order valence-electron chi connectivity index (χ1n) is 50.9. The summed E-state index contributed by atoms with van der Waals surface area (Å²) in [5, 5.41) is 12.7. The SMILES string of the molecule is CCC(C)(C)C(=O)O.CCC(C)c1ccccc1.CCCCC(CC)COC(=O)CCCCCOC(=O)CCCCCOC(=O)CCCCCOC(=O)CCCCCOC(=O)CCCCCOC(=O)CCCCCOC(=O)CCCCCOC(=O)CCCCCOC(=O)CCCCCOC(=O)CCCCCOC(=O)NCCOC(=O)C(C)CC.CCN1C(=O)c2cccc3cccc(c23)C1=O. The van der Waals surface area contributed by atoms with Crippen LogP contribution in [0.4, 0.5) is 4.79 Å². The van der Waals surface area contributed by atoms with Crippen molar-refractivity contribution in [1.29, 1.82) is 0 Å². The zero-order chi connectivity index (χ0) is 100. The molecule has 136 heavy (non-hydrogen) atoms. The van der Waals surface area contributed by atoms with Gasteiger partial charge < -0.3 is 67.3 Å². The standard InChI is InChI=1S/C76H131NO24.C14H11NO2.C10H14.C6H12O2/c1-5-8-39-64(7-3)62-101-74(87)49-28-17-37-59-98-72(85)47-26-15-35-57-96-70(83)45-24-13-33-55-94-68(81)43-22-11-31-53-92-66(79)41-20-9-29-51-90-65(78)40-19-10-30-52-91-67(80)42-21-12-32-54-93-69(82)44-23-14-34-56-95-71(84)46-25-16-36-58-97-73(86)48-27-18-38-60-100-76(89)77-50-61-99-75(88)63(4)6-2;1-2-15-13(16)10-7-3-5-9-6-4-8-11(12(9)10)14(15)17;1-3-9(2)10-7-5-4-6-8-10;1-4-6(2,3)5(7)8/h63-64H,5-62H2,1-4H3,(H,77,89);3-8H,2H2,1H3;4-9H,3H2,1-2H3;4H2,1-3H3,(H,7,8). The summed E-state index contributed by atoms with van der Waals surface area (Å²) in [5.74, 6) is -3.11. The fourth-order valence-electron chi connectivity index (χ4n) is 13.4. The van der Waals surface area contributed by atoms with Crippen LogP contribution in [0, 0.1) is 17.3 Å². The molecule has 3 aromatic carbocycles. The molecule has 0 saturated carbocycles. The predicted molar refractivity (Wildman–Crippen MR) is 519 cm³/mol. The first-order chi connectivity index (χ1) is 65.6. The van der Waals surface area contributed by atoms with Crippen LogP contribution in [0.1, 0.15) is 403 Å². The third-order valence-corrected chi connectivity index (χ3v) is 23.1. The summed E-state index contributed by atoms with van der Waals surface area (Å²) in [5.41, 5.74) is 2.16. The highest BCUT2D eigenvalue weighted by Crippen LogP contribution is 2.30. The molecule has 0 aliphatic carbocycles. The lowest BCUT2D eigenvalue weighted by Crippen LogP contribution is -2.39. The largest absolute Gasteiger partial charge is 0.481 e. The van der Waals surface area contributed by atoms with Crippen LogP contribution in [-0.2, 0) is 114 Å². The Bertz CT molecular complexity index is 3780. The number of aliphatic carboxylic acids is 1. The molecule has 0 radical (unpaired) electrons. The van der Waals surface area contributed by atoms with Gasteiger partial charge in [-0.05, 0) is 274 Å². The van der Waals surface area contributed by atoms with Gasteiger partial charge in [0, 0.05) is 87.3 Å². The maximum Gasteiger partial charge on any atom is 0.407 e. The Balaban J connectivity index is 0.00000214. The summed E-state index contributed by atoms with van der Waals surface area (Å²) >= 11 is 0. The minimum atomic E-state index is -0.722. The third-order valence-electron chi connectivity index (χ3n) is 23.1. The number of nitrogens with one attached hydrogen (secondary N) is 1. The zero-order valence-electron chi connectivity index (χ0n) is 84.1. The number of alkyl carbamates (subject to hydrolysis) is 1. The lowest BCUT2D eigenvalue weighted by Gasteiger charge is -2.25.